The summed E-state index contributed by atoms with van der Waals surface area (Å²) in [5.41, 5.74) is -0.210. The number of urea groups is 1. The average molecular weight is 499 g/mol. The van der Waals surface area contributed by atoms with Gasteiger partial charge in [-0.15, -0.1) is 0 Å². The fourth-order valence-corrected chi connectivity index (χ4v) is 5.13. The number of nitrogens with zero attached hydrogens (tertiary/aromatic N) is 6. The monoisotopic (exact) mass is 498 g/mol. The van der Waals surface area contributed by atoms with Crippen molar-refractivity contribution in [1.29, 1.82) is 0 Å². The number of anilines is 2. The topological polar surface area (TPSA) is 116 Å². The van der Waals surface area contributed by atoms with E-state index < -0.39 is 24.3 Å². The first-order valence-electron chi connectivity index (χ1n) is 12.3. The lowest BCUT2D eigenvalue weighted by atomic mass is 9.80. The quantitative estimate of drug-likeness (QED) is 0.645. The summed E-state index contributed by atoms with van der Waals surface area (Å²) in [4.78, 5) is 43.6. The van der Waals surface area contributed by atoms with Crippen LogP contribution in [0.1, 0.15) is 25.7 Å². The van der Waals surface area contributed by atoms with Crippen molar-refractivity contribution in [2.45, 2.75) is 43.4 Å². The minimum Gasteiger partial charge on any atom is -0.391 e. The van der Waals surface area contributed by atoms with Gasteiger partial charge in [-0.1, -0.05) is 6.07 Å². The molecule has 6 rings (SSSR count). The van der Waals surface area contributed by atoms with Gasteiger partial charge in [0.2, 0.25) is 11.8 Å². The zero-order valence-electron chi connectivity index (χ0n) is 20.3. The lowest BCUT2D eigenvalue weighted by Crippen LogP contribution is -2.61. The zero-order chi connectivity index (χ0) is 25.1. The third-order valence-electron chi connectivity index (χ3n) is 7.40. The van der Waals surface area contributed by atoms with Gasteiger partial charge in [0.15, 0.2) is 0 Å². The number of rotatable bonds is 5. The van der Waals surface area contributed by atoms with Crippen LogP contribution in [0.4, 0.5) is 25.7 Å². The van der Waals surface area contributed by atoms with Crippen molar-refractivity contribution in [3.63, 3.8) is 0 Å². The number of halogens is 1. The Balaban J connectivity index is 1.21. The summed E-state index contributed by atoms with van der Waals surface area (Å²) >= 11 is 0. The maximum absolute atomic E-state index is 14.8. The number of ether oxygens (including phenoxy) is 1. The summed E-state index contributed by atoms with van der Waals surface area (Å²) in [6, 6.07) is 5.53. The normalized spacial score (nSPS) is 27.3. The molecule has 2 atom stereocenters. The van der Waals surface area contributed by atoms with Crippen molar-refractivity contribution in [2.75, 3.05) is 50.0 Å². The van der Waals surface area contributed by atoms with Crippen LogP contribution in [-0.4, -0.2) is 94.4 Å². The lowest BCUT2D eigenvalue weighted by molar-refractivity contribution is 0.0613. The Labute approximate surface area is 209 Å². The summed E-state index contributed by atoms with van der Waals surface area (Å²) in [7, 11) is 1.55. The Morgan fingerprint density at radius 3 is 2.61 bits per heavy atom. The number of likely N-dealkylation sites (N-methyl/N-ethyl adjacent to an activating group) is 1. The predicted octanol–water partition coefficient (Wildman–Crippen LogP) is 2.28. The van der Waals surface area contributed by atoms with Crippen molar-refractivity contribution in [1.82, 2.24) is 30.1 Å². The second-order valence-corrected chi connectivity index (χ2v) is 9.66. The molecule has 0 aromatic carbocycles. The van der Waals surface area contributed by atoms with Gasteiger partial charge in [-0.3, -0.25) is 5.32 Å². The SMILES string of the molecule is CN(C(=O)Nc1ccccn1)[C@H]1CN(c2nccc(OC(=O)NC34CCN(CC3)CC4)n2)CC[C@H]1F. The molecular weight excluding hydrogens is 467 g/mol. The Kier molecular flexibility index (Phi) is 6.86. The molecular formula is C24H31FN8O3. The highest BCUT2D eigenvalue weighted by Gasteiger charge is 2.41. The van der Waals surface area contributed by atoms with Gasteiger partial charge >= 0.3 is 12.1 Å². The van der Waals surface area contributed by atoms with E-state index in [2.05, 4.69) is 30.5 Å². The molecule has 0 saturated carbocycles. The highest BCUT2D eigenvalue weighted by Crippen LogP contribution is 2.32. The number of piperidine rings is 4. The van der Waals surface area contributed by atoms with E-state index in [0.717, 1.165) is 38.9 Å². The van der Waals surface area contributed by atoms with Crippen LogP contribution < -0.4 is 20.3 Å². The van der Waals surface area contributed by atoms with Gasteiger partial charge in [-0.25, -0.2) is 23.9 Å². The summed E-state index contributed by atoms with van der Waals surface area (Å²) in [5.74, 6) is 0.837. The Morgan fingerprint density at radius 1 is 1.11 bits per heavy atom. The number of hydrogen-bond acceptors (Lipinski definition) is 8. The van der Waals surface area contributed by atoms with E-state index >= 15 is 0 Å². The van der Waals surface area contributed by atoms with Gasteiger partial charge < -0.3 is 24.8 Å². The molecule has 2 bridgehead atoms. The molecule has 11 nitrogen and oxygen atoms in total. The fraction of sp³-hybridized carbons (Fsp3) is 0.542. The van der Waals surface area contributed by atoms with Crippen LogP contribution in [0.3, 0.4) is 0 Å². The second-order valence-electron chi connectivity index (χ2n) is 9.66. The van der Waals surface area contributed by atoms with E-state index in [-0.39, 0.29) is 24.4 Å². The molecule has 2 N–H and O–H groups in total. The molecule has 3 amide bonds. The van der Waals surface area contributed by atoms with Crippen LogP contribution in [0.15, 0.2) is 36.7 Å². The maximum atomic E-state index is 14.8. The Bertz CT molecular complexity index is 1070. The first-order valence-corrected chi connectivity index (χ1v) is 12.3. The number of amides is 3. The van der Waals surface area contributed by atoms with E-state index in [9.17, 15) is 14.0 Å². The summed E-state index contributed by atoms with van der Waals surface area (Å²) in [6.45, 7) is 3.53. The van der Waals surface area contributed by atoms with Crippen LogP contribution in [0, 0.1) is 0 Å². The molecule has 0 unspecified atom stereocenters. The summed E-state index contributed by atoms with van der Waals surface area (Å²) < 4.78 is 20.3. The highest BCUT2D eigenvalue weighted by molar-refractivity contribution is 5.88. The molecule has 12 heteroatoms. The Hall–Kier alpha value is -3.54. The molecule has 4 saturated heterocycles. The number of carbonyl (C=O) groups is 2. The number of carbonyl (C=O) groups excluding carboxylic acids is 2. The van der Waals surface area contributed by atoms with Crippen molar-refractivity contribution in [3.8, 4) is 5.88 Å². The van der Waals surface area contributed by atoms with Gasteiger partial charge in [-0.05, 0) is 37.8 Å². The van der Waals surface area contributed by atoms with Crippen LogP contribution in [0.2, 0.25) is 0 Å². The standard InChI is InChI=1S/C24H31FN8O3/c1-31(22(34)28-19-4-2-3-10-26-19)18-16-33(12-6-17(18)25)21-27-11-5-20(29-21)36-23(35)30-24-7-13-32(14-8-24)15-9-24/h2-5,10-11,17-18H,6-9,12-16H2,1H3,(H,30,35)(H,26,28,34)/t17-,18+/m1/s1. The van der Waals surface area contributed by atoms with Gasteiger partial charge in [0.1, 0.15) is 12.0 Å². The molecule has 4 aliphatic heterocycles. The van der Waals surface area contributed by atoms with Crippen molar-refractivity contribution in [3.05, 3.63) is 36.7 Å². The van der Waals surface area contributed by atoms with Gasteiger partial charge in [0.25, 0.3) is 0 Å². The highest BCUT2D eigenvalue weighted by atomic mass is 19.1. The van der Waals surface area contributed by atoms with E-state index in [4.69, 9.17) is 4.74 Å². The Morgan fingerprint density at radius 2 is 1.89 bits per heavy atom. The molecule has 6 heterocycles. The number of alkyl halides is 1. The first-order chi connectivity index (χ1) is 17.4. The fourth-order valence-electron chi connectivity index (χ4n) is 5.13. The molecule has 2 aromatic heterocycles. The number of aromatic nitrogens is 3. The molecule has 2 aromatic rings. The molecule has 4 fully saturated rings. The number of hydrogen-bond donors (Lipinski definition) is 2. The molecule has 192 valence electrons. The van der Waals surface area contributed by atoms with Crippen LogP contribution in [0.5, 0.6) is 5.88 Å². The average Bonchev–Trinajstić information content (AvgIpc) is 2.90. The number of fused-ring (bicyclic) bond motifs is 3. The lowest BCUT2D eigenvalue weighted by Gasteiger charge is -2.48. The van der Waals surface area contributed by atoms with Crippen LogP contribution in [-0.2, 0) is 0 Å². The predicted molar refractivity (Wildman–Crippen MR) is 131 cm³/mol. The zero-order valence-corrected chi connectivity index (χ0v) is 20.3. The number of nitrogens with one attached hydrogen (secondary N) is 2. The summed E-state index contributed by atoms with van der Waals surface area (Å²) in [6.07, 6.45) is 4.30. The molecule has 4 aliphatic rings. The third kappa shape index (κ3) is 5.32. The van der Waals surface area contributed by atoms with Gasteiger partial charge in [0, 0.05) is 63.8 Å². The van der Waals surface area contributed by atoms with E-state index in [1.807, 2.05) is 0 Å². The van der Waals surface area contributed by atoms with Crippen molar-refractivity contribution < 1.29 is 18.7 Å². The molecule has 0 spiro atoms. The largest absolute Gasteiger partial charge is 0.414 e. The third-order valence-corrected chi connectivity index (χ3v) is 7.40. The summed E-state index contributed by atoms with van der Waals surface area (Å²) in [5, 5.41) is 5.74. The number of pyridine rings is 1. The minimum absolute atomic E-state index is 0.127. The van der Waals surface area contributed by atoms with Gasteiger partial charge in [0.05, 0.1) is 6.04 Å². The minimum atomic E-state index is -1.20. The smallest absolute Gasteiger partial charge is 0.391 e. The molecule has 0 radical (unpaired) electrons. The van der Waals surface area contributed by atoms with Crippen LogP contribution >= 0.6 is 0 Å². The van der Waals surface area contributed by atoms with Gasteiger partial charge in [-0.2, -0.15) is 4.98 Å². The van der Waals surface area contributed by atoms with Crippen LogP contribution in [0.25, 0.3) is 0 Å². The van der Waals surface area contributed by atoms with Crippen molar-refractivity contribution in [2.24, 2.45) is 0 Å². The van der Waals surface area contributed by atoms with E-state index in [1.54, 1.807) is 36.3 Å². The first kappa shape index (κ1) is 24.2. The maximum Gasteiger partial charge on any atom is 0.414 e. The molecule has 0 aliphatic carbocycles. The van der Waals surface area contributed by atoms with Crippen molar-refractivity contribution >= 4 is 23.9 Å². The van der Waals surface area contributed by atoms with E-state index in [1.165, 1.54) is 17.2 Å². The van der Waals surface area contributed by atoms with E-state index in [0.29, 0.717) is 18.3 Å². The second kappa shape index (κ2) is 10.2. The molecule has 36 heavy (non-hydrogen) atoms.